The molecule has 4 rings (SSSR count). The molecule has 4 fully saturated rings. The van der Waals surface area contributed by atoms with Gasteiger partial charge in [0, 0.05) is 12.0 Å². The lowest BCUT2D eigenvalue weighted by Crippen LogP contribution is -2.57. The quantitative estimate of drug-likeness (QED) is 0.484. The third-order valence-corrected chi connectivity index (χ3v) is 10.3. The lowest BCUT2D eigenvalue weighted by molar-refractivity contribution is -0.143. The summed E-state index contributed by atoms with van der Waals surface area (Å²) in [6, 6.07) is -2.38. The molecule has 1 heterocycles. The van der Waals surface area contributed by atoms with E-state index in [1.54, 1.807) is 4.90 Å². The molecule has 2 spiro atoms. The van der Waals surface area contributed by atoms with Gasteiger partial charge in [0.25, 0.3) is 5.91 Å². The molecule has 2 unspecified atom stereocenters. The van der Waals surface area contributed by atoms with Gasteiger partial charge < -0.3 is 21.7 Å². The maximum atomic E-state index is 13.7. The summed E-state index contributed by atoms with van der Waals surface area (Å²) in [5.74, 6) is -2.09. The van der Waals surface area contributed by atoms with Crippen molar-refractivity contribution in [1.82, 2.24) is 10.2 Å². The molecule has 0 aromatic rings. The normalized spacial score (nSPS) is 30.9. The number of carbonyl (C=O) groups is 4. The van der Waals surface area contributed by atoms with Crippen LogP contribution in [0.25, 0.3) is 0 Å². The van der Waals surface area contributed by atoms with Crippen LogP contribution in [-0.4, -0.2) is 53.1 Å². The van der Waals surface area contributed by atoms with Gasteiger partial charge in [-0.1, -0.05) is 60.3 Å². The van der Waals surface area contributed by atoms with E-state index >= 15 is 0 Å². The van der Waals surface area contributed by atoms with Crippen molar-refractivity contribution in [3.05, 3.63) is 0 Å². The third-order valence-electron chi connectivity index (χ3n) is 10.3. The van der Waals surface area contributed by atoms with Crippen LogP contribution >= 0.6 is 0 Å². The maximum absolute atomic E-state index is 13.7. The van der Waals surface area contributed by atoms with Crippen molar-refractivity contribution in [2.24, 2.45) is 39.0 Å². The average molecular weight is 475 g/mol. The van der Waals surface area contributed by atoms with Gasteiger partial charge in [-0.25, -0.2) is 0 Å². The number of hydrogen-bond donors (Lipinski definition) is 3. The Morgan fingerprint density at radius 2 is 1.68 bits per heavy atom. The van der Waals surface area contributed by atoms with Gasteiger partial charge in [-0.2, -0.15) is 0 Å². The SMILES string of the molecule is CC(C)(C)C(N)C(=O)N1C[C@@]2(C[C@H]1C(=O)NC(CC1CCC1)C(=O)C(N)=O)C(C)(C)C21CCC1. The van der Waals surface area contributed by atoms with Crippen LogP contribution in [0.2, 0.25) is 0 Å². The van der Waals surface area contributed by atoms with Gasteiger partial charge in [0.1, 0.15) is 6.04 Å². The zero-order valence-corrected chi connectivity index (χ0v) is 21.4. The Hall–Kier alpha value is -1.96. The second kappa shape index (κ2) is 8.04. The zero-order chi connectivity index (χ0) is 25.3. The van der Waals surface area contributed by atoms with Crippen molar-refractivity contribution in [2.45, 2.75) is 104 Å². The summed E-state index contributed by atoms with van der Waals surface area (Å²) in [6.07, 6.45) is 7.43. The molecule has 3 saturated carbocycles. The molecule has 3 amide bonds. The number of nitrogens with two attached hydrogens (primary N) is 2. The molecule has 1 aliphatic heterocycles. The summed E-state index contributed by atoms with van der Waals surface area (Å²) >= 11 is 0. The van der Waals surface area contributed by atoms with Gasteiger partial charge in [-0.3, -0.25) is 19.2 Å². The number of primary amides is 1. The first kappa shape index (κ1) is 25.1. The van der Waals surface area contributed by atoms with Crippen LogP contribution in [0, 0.1) is 27.6 Å². The standard InChI is InChI=1S/C26H42N4O4/c1-23(2,3)19(27)22(34)30-14-26(24(4,5)25(26)10-7-11-25)13-17(30)21(33)29-16(18(31)20(28)32)12-15-8-6-9-15/h15-17,19H,6-14,27H2,1-5H3,(H2,28,32)(H,29,33)/t16?,17-,19?,26-/m0/s1. The van der Waals surface area contributed by atoms with Crippen LogP contribution < -0.4 is 16.8 Å². The Morgan fingerprint density at radius 1 is 1.06 bits per heavy atom. The first-order valence-electron chi connectivity index (χ1n) is 12.9. The topological polar surface area (TPSA) is 136 Å². The molecule has 34 heavy (non-hydrogen) atoms. The maximum Gasteiger partial charge on any atom is 0.287 e. The molecule has 1 saturated heterocycles. The van der Waals surface area contributed by atoms with Gasteiger partial charge in [-0.15, -0.1) is 0 Å². The van der Waals surface area contributed by atoms with Crippen LogP contribution in [0.5, 0.6) is 0 Å². The van der Waals surface area contributed by atoms with E-state index in [0.717, 1.165) is 32.1 Å². The Labute approximate surface area is 202 Å². The smallest absolute Gasteiger partial charge is 0.287 e. The number of amides is 3. The highest BCUT2D eigenvalue weighted by molar-refractivity contribution is 6.37. The van der Waals surface area contributed by atoms with Crippen LogP contribution in [0.1, 0.15) is 86.0 Å². The highest BCUT2D eigenvalue weighted by Crippen LogP contribution is 2.88. The van der Waals surface area contributed by atoms with E-state index in [4.69, 9.17) is 11.5 Å². The van der Waals surface area contributed by atoms with E-state index in [-0.39, 0.29) is 28.1 Å². The fraction of sp³-hybridized carbons (Fsp3) is 0.846. The van der Waals surface area contributed by atoms with Crippen molar-refractivity contribution >= 4 is 23.5 Å². The summed E-state index contributed by atoms with van der Waals surface area (Å²) in [6.45, 7) is 10.8. The van der Waals surface area contributed by atoms with Gasteiger partial charge in [0.05, 0.1) is 12.1 Å². The van der Waals surface area contributed by atoms with Crippen LogP contribution in [-0.2, 0) is 19.2 Å². The van der Waals surface area contributed by atoms with Gasteiger partial charge in [0.2, 0.25) is 17.6 Å². The van der Waals surface area contributed by atoms with E-state index in [1.807, 2.05) is 20.8 Å². The number of ketones is 1. The number of hydrogen-bond acceptors (Lipinski definition) is 5. The van der Waals surface area contributed by atoms with Gasteiger partial charge >= 0.3 is 0 Å². The van der Waals surface area contributed by atoms with Crippen LogP contribution in [0.3, 0.4) is 0 Å². The van der Waals surface area contributed by atoms with Crippen molar-refractivity contribution in [3.63, 3.8) is 0 Å². The molecule has 3 aliphatic carbocycles. The minimum Gasteiger partial charge on any atom is -0.363 e. The van der Waals surface area contributed by atoms with E-state index in [0.29, 0.717) is 25.3 Å². The Balaban J connectivity index is 1.60. The molecule has 5 N–H and O–H groups in total. The molecule has 190 valence electrons. The van der Waals surface area contributed by atoms with E-state index in [1.165, 1.54) is 6.42 Å². The number of carbonyl (C=O) groups excluding carboxylic acids is 4. The first-order valence-corrected chi connectivity index (χ1v) is 12.9. The molecule has 0 bridgehead atoms. The summed E-state index contributed by atoms with van der Waals surface area (Å²) < 4.78 is 0. The molecular weight excluding hydrogens is 432 g/mol. The fourth-order valence-electron chi connectivity index (χ4n) is 7.35. The van der Waals surface area contributed by atoms with E-state index in [2.05, 4.69) is 19.2 Å². The van der Waals surface area contributed by atoms with Crippen molar-refractivity contribution in [2.75, 3.05) is 6.54 Å². The number of Topliss-reactive ketones (excluding diaryl/α,β-unsaturated/α-hetero) is 1. The molecule has 0 aromatic carbocycles. The molecule has 0 aromatic heterocycles. The first-order chi connectivity index (χ1) is 15.7. The predicted octanol–water partition coefficient (Wildman–Crippen LogP) is 1.89. The molecule has 4 atom stereocenters. The monoisotopic (exact) mass is 474 g/mol. The number of fused-ring (bicyclic) bond motifs is 1. The Bertz CT molecular complexity index is 899. The molecule has 0 radical (unpaired) electrons. The van der Waals surface area contributed by atoms with E-state index in [9.17, 15) is 19.2 Å². The number of likely N-dealkylation sites (tertiary alicyclic amines) is 1. The third kappa shape index (κ3) is 3.50. The summed E-state index contributed by atoms with van der Waals surface area (Å²) in [5, 5.41) is 2.83. The van der Waals surface area contributed by atoms with Crippen LogP contribution in [0.4, 0.5) is 0 Å². The number of nitrogens with zero attached hydrogens (tertiary/aromatic N) is 1. The molecular formula is C26H42N4O4. The number of rotatable bonds is 7. The van der Waals surface area contributed by atoms with Crippen molar-refractivity contribution < 1.29 is 19.2 Å². The molecule has 8 nitrogen and oxygen atoms in total. The summed E-state index contributed by atoms with van der Waals surface area (Å²) in [7, 11) is 0. The Morgan fingerprint density at radius 3 is 2.09 bits per heavy atom. The largest absolute Gasteiger partial charge is 0.363 e. The summed E-state index contributed by atoms with van der Waals surface area (Å²) in [4.78, 5) is 53.1. The van der Waals surface area contributed by atoms with Crippen molar-refractivity contribution in [1.29, 1.82) is 0 Å². The fourth-order valence-corrected chi connectivity index (χ4v) is 7.35. The summed E-state index contributed by atoms with van der Waals surface area (Å²) in [5.41, 5.74) is 11.3. The Kier molecular flexibility index (Phi) is 5.94. The second-order valence-corrected chi connectivity index (χ2v) is 13.0. The predicted molar refractivity (Wildman–Crippen MR) is 128 cm³/mol. The molecule has 8 heteroatoms. The number of nitrogens with one attached hydrogen (secondary N) is 1. The van der Waals surface area contributed by atoms with Crippen LogP contribution in [0.15, 0.2) is 0 Å². The lowest BCUT2D eigenvalue weighted by Gasteiger charge is -2.34. The zero-order valence-electron chi connectivity index (χ0n) is 21.4. The average Bonchev–Trinajstić information content (AvgIpc) is 2.94. The van der Waals surface area contributed by atoms with E-state index < -0.39 is 35.2 Å². The lowest BCUT2D eigenvalue weighted by atomic mass is 9.73. The highest BCUT2D eigenvalue weighted by atomic mass is 16.2. The van der Waals surface area contributed by atoms with Crippen molar-refractivity contribution in [3.8, 4) is 0 Å². The molecule has 4 aliphatic rings. The van der Waals surface area contributed by atoms with Gasteiger partial charge in [0.15, 0.2) is 0 Å². The minimum absolute atomic E-state index is 0.0337. The minimum atomic E-state index is -1.04. The second-order valence-electron chi connectivity index (χ2n) is 13.0. The van der Waals surface area contributed by atoms with Gasteiger partial charge in [-0.05, 0) is 47.8 Å². The highest BCUT2D eigenvalue weighted by Gasteiger charge is 2.85.